The summed E-state index contributed by atoms with van der Waals surface area (Å²) < 4.78 is 5.21. The molecule has 1 heterocycles. The Labute approximate surface area is 100 Å². The van der Waals surface area contributed by atoms with E-state index in [4.69, 9.17) is 4.74 Å². The molecule has 5 nitrogen and oxygen atoms in total. The molecule has 0 saturated carbocycles. The lowest BCUT2D eigenvalue weighted by Gasteiger charge is -2.20. The van der Waals surface area contributed by atoms with E-state index in [0.29, 0.717) is 0 Å². The zero-order chi connectivity index (χ0) is 13.1. The number of hydrogen-bond donors (Lipinski definition) is 1. The molecule has 0 radical (unpaired) electrons. The Bertz CT molecular complexity index is 436. The third kappa shape index (κ3) is 3.55. The standard InChI is InChI=1S/C12H16N2O3/c1-12(2,3)17-11(16)8-5-6-14-7-9(8)10(15)13-4/h5-7H,1-4H3,(H,13,15). The van der Waals surface area contributed by atoms with E-state index in [0.717, 1.165) is 0 Å². The Morgan fingerprint density at radius 3 is 2.47 bits per heavy atom. The van der Waals surface area contributed by atoms with Crippen LogP contribution >= 0.6 is 0 Å². The molecule has 17 heavy (non-hydrogen) atoms. The van der Waals surface area contributed by atoms with Crippen LogP contribution in [-0.2, 0) is 4.74 Å². The van der Waals surface area contributed by atoms with Crippen LogP contribution in [0.25, 0.3) is 0 Å². The quantitative estimate of drug-likeness (QED) is 0.788. The maximum Gasteiger partial charge on any atom is 0.339 e. The van der Waals surface area contributed by atoms with Gasteiger partial charge in [0.25, 0.3) is 5.91 Å². The Kier molecular flexibility index (Phi) is 3.83. The van der Waals surface area contributed by atoms with Crippen LogP contribution in [0.2, 0.25) is 0 Å². The molecule has 1 amide bonds. The number of amides is 1. The average molecular weight is 236 g/mol. The molecular formula is C12H16N2O3. The molecule has 0 fully saturated rings. The Morgan fingerprint density at radius 1 is 1.29 bits per heavy atom. The summed E-state index contributed by atoms with van der Waals surface area (Å²) in [6.45, 7) is 5.31. The number of ether oxygens (including phenoxy) is 1. The molecule has 0 aliphatic rings. The van der Waals surface area contributed by atoms with Crippen molar-refractivity contribution in [1.29, 1.82) is 0 Å². The largest absolute Gasteiger partial charge is 0.456 e. The van der Waals surface area contributed by atoms with Crippen molar-refractivity contribution in [2.45, 2.75) is 26.4 Å². The monoisotopic (exact) mass is 236 g/mol. The molecule has 0 saturated heterocycles. The Hall–Kier alpha value is -1.91. The minimum Gasteiger partial charge on any atom is -0.456 e. The van der Waals surface area contributed by atoms with Gasteiger partial charge in [-0.25, -0.2) is 4.79 Å². The van der Waals surface area contributed by atoms with Crippen molar-refractivity contribution in [3.8, 4) is 0 Å². The number of nitrogens with zero attached hydrogens (tertiary/aromatic N) is 1. The summed E-state index contributed by atoms with van der Waals surface area (Å²) in [5, 5.41) is 2.45. The summed E-state index contributed by atoms with van der Waals surface area (Å²) in [5.74, 6) is -0.891. The molecule has 92 valence electrons. The molecule has 0 aliphatic carbocycles. The van der Waals surface area contributed by atoms with Gasteiger partial charge in [-0.05, 0) is 26.8 Å². The summed E-state index contributed by atoms with van der Waals surface area (Å²) in [6, 6.07) is 1.47. The van der Waals surface area contributed by atoms with Crippen molar-refractivity contribution in [2.75, 3.05) is 7.05 Å². The number of rotatable bonds is 2. The maximum atomic E-state index is 11.9. The van der Waals surface area contributed by atoms with Gasteiger partial charge in [-0.1, -0.05) is 0 Å². The van der Waals surface area contributed by atoms with Crippen LogP contribution < -0.4 is 5.32 Å². The van der Waals surface area contributed by atoms with E-state index in [1.807, 2.05) is 0 Å². The summed E-state index contributed by atoms with van der Waals surface area (Å²) in [4.78, 5) is 27.2. The van der Waals surface area contributed by atoms with Crippen LogP contribution in [0, 0.1) is 0 Å². The molecule has 1 rings (SSSR count). The van der Waals surface area contributed by atoms with Crippen LogP contribution in [0.5, 0.6) is 0 Å². The van der Waals surface area contributed by atoms with E-state index in [9.17, 15) is 9.59 Å². The smallest absolute Gasteiger partial charge is 0.339 e. The highest BCUT2D eigenvalue weighted by Gasteiger charge is 2.22. The molecule has 0 spiro atoms. The van der Waals surface area contributed by atoms with E-state index < -0.39 is 11.6 Å². The molecule has 1 aromatic rings. The fourth-order valence-corrected chi connectivity index (χ4v) is 1.22. The molecular weight excluding hydrogens is 220 g/mol. The van der Waals surface area contributed by atoms with Crippen molar-refractivity contribution in [2.24, 2.45) is 0 Å². The number of aromatic nitrogens is 1. The first-order valence-corrected chi connectivity index (χ1v) is 5.24. The van der Waals surface area contributed by atoms with Gasteiger partial charge < -0.3 is 10.1 Å². The van der Waals surface area contributed by atoms with E-state index in [1.54, 1.807) is 20.8 Å². The Morgan fingerprint density at radius 2 is 1.94 bits per heavy atom. The highest BCUT2D eigenvalue weighted by molar-refractivity contribution is 6.05. The summed E-state index contributed by atoms with van der Waals surface area (Å²) in [6.07, 6.45) is 2.80. The summed E-state index contributed by atoms with van der Waals surface area (Å²) >= 11 is 0. The van der Waals surface area contributed by atoms with Gasteiger partial charge in [-0.2, -0.15) is 0 Å². The fourth-order valence-electron chi connectivity index (χ4n) is 1.22. The number of carbonyl (C=O) groups excluding carboxylic acids is 2. The SMILES string of the molecule is CNC(=O)c1cnccc1C(=O)OC(C)(C)C. The van der Waals surface area contributed by atoms with Gasteiger partial charge in [-0.15, -0.1) is 0 Å². The lowest BCUT2D eigenvalue weighted by molar-refractivity contribution is 0.00675. The van der Waals surface area contributed by atoms with Gasteiger partial charge in [0.15, 0.2) is 0 Å². The zero-order valence-electron chi connectivity index (χ0n) is 10.4. The number of pyridine rings is 1. The highest BCUT2D eigenvalue weighted by Crippen LogP contribution is 2.14. The first-order valence-electron chi connectivity index (χ1n) is 5.24. The zero-order valence-corrected chi connectivity index (χ0v) is 10.4. The predicted octanol–water partition coefficient (Wildman–Crippen LogP) is 1.40. The lowest BCUT2D eigenvalue weighted by atomic mass is 10.1. The molecule has 0 unspecified atom stereocenters. The highest BCUT2D eigenvalue weighted by atomic mass is 16.6. The summed E-state index contributed by atoms with van der Waals surface area (Å²) in [7, 11) is 1.49. The van der Waals surface area contributed by atoms with Crippen LogP contribution in [0.15, 0.2) is 18.5 Å². The Balaban J connectivity index is 3.05. The van der Waals surface area contributed by atoms with Gasteiger partial charge in [0.05, 0.1) is 11.1 Å². The predicted molar refractivity (Wildman–Crippen MR) is 62.8 cm³/mol. The van der Waals surface area contributed by atoms with E-state index >= 15 is 0 Å². The minimum atomic E-state index is -0.597. The second kappa shape index (κ2) is 4.95. The van der Waals surface area contributed by atoms with Gasteiger partial charge in [0.1, 0.15) is 5.60 Å². The first-order chi connectivity index (χ1) is 7.85. The number of esters is 1. The van der Waals surface area contributed by atoms with Crippen molar-refractivity contribution in [3.63, 3.8) is 0 Å². The van der Waals surface area contributed by atoms with Crippen LogP contribution in [-0.4, -0.2) is 29.5 Å². The molecule has 1 N–H and O–H groups in total. The topological polar surface area (TPSA) is 68.3 Å². The van der Waals surface area contributed by atoms with Crippen molar-refractivity contribution >= 4 is 11.9 Å². The van der Waals surface area contributed by atoms with Crippen LogP contribution in [0.4, 0.5) is 0 Å². The van der Waals surface area contributed by atoms with Crippen molar-refractivity contribution in [3.05, 3.63) is 29.6 Å². The minimum absolute atomic E-state index is 0.212. The molecule has 0 aliphatic heterocycles. The molecule has 5 heteroatoms. The van der Waals surface area contributed by atoms with E-state index in [-0.39, 0.29) is 17.0 Å². The lowest BCUT2D eigenvalue weighted by Crippen LogP contribution is -2.27. The molecule has 0 bridgehead atoms. The third-order valence-electron chi connectivity index (χ3n) is 1.91. The second-order valence-corrected chi connectivity index (χ2v) is 4.50. The second-order valence-electron chi connectivity index (χ2n) is 4.50. The van der Waals surface area contributed by atoms with Gasteiger partial charge in [0.2, 0.25) is 0 Å². The molecule has 1 aromatic heterocycles. The van der Waals surface area contributed by atoms with E-state index in [1.165, 1.54) is 25.5 Å². The van der Waals surface area contributed by atoms with Crippen molar-refractivity contribution in [1.82, 2.24) is 10.3 Å². The fraction of sp³-hybridized carbons (Fsp3) is 0.417. The van der Waals surface area contributed by atoms with Crippen LogP contribution in [0.1, 0.15) is 41.5 Å². The van der Waals surface area contributed by atoms with E-state index in [2.05, 4.69) is 10.3 Å². The maximum absolute atomic E-state index is 11.9. The van der Waals surface area contributed by atoms with Gasteiger partial charge in [0, 0.05) is 19.4 Å². The van der Waals surface area contributed by atoms with Gasteiger partial charge in [-0.3, -0.25) is 9.78 Å². The summed E-state index contributed by atoms with van der Waals surface area (Å²) in [5.41, 5.74) is -0.168. The average Bonchev–Trinajstić information content (AvgIpc) is 2.25. The van der Waals surface area contributed by atoms with Gasteiger partial charge >= 0.3 is 5.97 Å². The number of hydrogen-bond acceptors (Lipinski definition) is 4. The normalized spacial score (nSPS) is 10.8. The molecule has 0 atom stereocenters. The number of nitrogens with one attached hydrogen (secondary N) is 1. The molecule has 0 aromatic carbocycles. The third-order valence-corrected chi connectivity index (χ3v) is 1.91. The van der Waals surface area contributed by atoms with Crippen molar-refractivity contribution < 1.29 is 14.3 Å². The number of carbonyl (C=O) groups is 2. The first kappa shape index (κ1) is 13.2. The van der Waals surface area contributed by atoms with Crippen LogP contribution in [0.3, 0.4) is 0 Å².